The molecule has 0 atom stereocenters. The monoisotopic (exact) mass is 189 g/mol. The van der Waals surface area contributed by atoms with E-state index in [0.29, 0.717) is 13.0 Å². The molecule has 0 aromatic heterocycles. The topological polar surface area (TPSA) is 35.2 Å². The summed E-state index contributed by atoms with van der Waals surface area (Å²) in [4.78, 5) is 0. The molecule has 0 aliphatic heterocycles. The number of nitrogens with two attached hydrogens (primary N) is 1. The number of hydrogen-bond acceptors (Lipinski definition) is 2. The molecule has 0 fully saturated rings. The molecule has 0 saturated heterocycles. The summed E-state index contributed by atoms with van der Waals surface area (Å²) < 4.78 is 5.56. The van der Waals surface area contributed by atoms with Crippen LogP contribution in [0.1, 0.15) is 17.5 Å². The SMILES string of the molecule is C#CCCOc1c(C)cc(N)cc1C. The van der Waals surface area contributed by atoms with Crippen LogP contribution in [0.15, 0.2) is 12.1 Å². The van der Waals surface area contributed by atoms with Gasteiger partial charge in [-0.2, -0.15) is 0 Å². The fraction of sp³-hybridized carbons (Fsp3) is 0.333. The van der Waals surface area contributed by atoms with Gasteiger partial charge in [-0.05, 0) is 37.1 Å². The summed E-state index contributed by atoms with van der Waals surface area (Å²) in [5.74, 6) is 3.44. The highest BCUT2D eigenvalue weighted by molar-refractivity contribution is 5.52. The highest BCUT2D eigenvalue weighted by atomic mass is 16.5. The van der Waals surface area contributed by atoms with Crippen LogP contribution in [0.4, 0.5) is 5.69 Å². The van der Waals surface area contributed by atoms with Crippen molar-refractivity contribution < 1.29 is 4.74 Å². The van der Waals surface area contributed by atoms with Crippen molar-refractivity contribution in [2.75, 3.05) is 12.3 Å². The first-order valence-electron chi connectivity index (χ1n) is 4.58. The van der Waals surface area contributed by atoms with Crippen molar-refractivity contribution >= 4 is 5.69 Å². The molecule has 0 bridgehead atoms. The van der Waals surface area contributed by atoms with Crippen LogP contribution in [-0.4, -0.2) is 6.61 Å². The minimum atomic E-state index is 0.558. The van der Waals surface area contributed by atoms with Crippen LogP contribution in [-0.2, 0) is 0 Å². The third kappa shape index (κ3) is 2.43. The summed E-state index contributed by atoms with van der Waals surface area (Å²) in [6.45, 7) is 4.52. The van der Waals surface area contributed by atoms with Crippen LogP contribution < -0.4 is 10.5 Å². The number of ether oxygens (including phenoxy) is 1. The summed E-state index contributed by atoms with van der Waals surface area (Å²) >= 11 is 0. The molecule has 74 valence electrons. The van der Waals surface area contributed by atoms with Crippen LogP contribution in [0.25, 0.3) is 0 Å². The maximum atomic E-state index is 5.70. The van der Waals surface area contributed by atoms with Crippen molar-refractivity contribution in [3.8, 4) is 18.1 Å². The zero-order chi connectivity index (χ0) is 10.6. The molecule has 0 heterocycles. The lowest BCUT2D eigenvalue weighted by molar-refractivity contribution is 0.323. The minimum Gasteiger partial charge on any atom is -0.492 e. The van der Waals surface area contributed by atoms with Crippen LogP contribution in [0.2, 0.25) is 0 Å². The second kappa shape index (κ2) is 4.57. The molecule has 1 rings (SSSR count). The van der Waals surface area contributed by atoms with Crippen LogP contribution in [0.3, 0.4) is 0 Å². The van der Waals surface area contributed by atoms with Gasteiger partial charge in [0.2, 0.25) is 0 Å². The fourth-order valence-corrected chi connectivity index (χ4v) is 1.42. The Morgan fingerprint density at radius 1 is 1.36 bits per heavy atom. The van der Waals surface area contributed by atoms with Crippen molar-refractivity contribution in [1.29, 1.82) is 0 Å². The average molecular weight is 189 g/mol. The van der Waals surface area contributed by atoms with Crippen molar-refractivity contribution in [3.05, 3.63) is 23.3 Å². The quantitative estimate of drug-likeness (QED) is 0.450. The van der Waals surface area contributed by atoms with Gasteiger partial charge in [-0.25, -0.2) is 0 Å². The van der Waals surface area contributed by atoms with Gasteiger partial charge >= 0.3 is 0 Å². The number of hydrogen-bond donors (Lipinski definition) is 1. The predicted molar refractivity (Wildman–Crippen MR) is 59.3 cm³/mol. The lowest BCUT2D eigenvalue weighted by Gasteiger charge is -2.11. The van der Waals surface area contributed by atoms with Gasteiger partial charge < -0.3 is 10.5 Å². The summed E-state index contributed by atoms with van der Waals surface area (Å²) in [7, 11) is 0. The van der Waals surface area contributed by atoms with Crippen molar-refractivity contribution in [3.63, 3.8) is 0 Å². The van der Waals surface area contributed by atoms with Crippen molar-refractivity contribution in [2.24, 2.45) is 0 Å². The van der Waals surface area contributed by atoms with Gasteiger partial charge in [0, 0.05) is 12.1 Å². The normalized spacial score (nSPS) is 9.50. The molecule has 1 aromatic rings. The zero-order valence-electron chi connectivity index (χ0n) is 8.63. The van der Waals surface area contributed by atoms with Gasteiger partial charge in [-0.1, -0.05) is 0 Å². The summed E-state index contributed by atoms with van der Waals surface area (Å²) in [6.07, 6.45) is 5.77. The molecule has 0 unspecified atom stereocenters. The molecule has 14 heavy (non-hydrogen) atoms. The Balaban J connectivity index is 2.81. The van der Waals surface area contributed by atoms with Gasteiger partial charge in [-0.15, -0.1) is 12.3 Å². The third-order valence-electron chi connectivity index (χ3n) is 1.98. The molecule has 0 aliphatic rings. The van der Waals surface area contributed by atoms with E-state index in [9.17, 15) is 0 Å². The molecule has 0 spiro atoms. The average Bonchev–Trinajstić information content (AvgIpc) is 2.09. The standard InChI is InChI=1S/C12H15NO/c1-4-5-6-14-12-9(2)7-11(13)8-10(12)3/h1,7-8H,5-6,13H2,2-3H3. The van der Waals surface area contributed by atoms with E-state index in [1.165, 1.54) is 0 Å². The number of aryl methyl sites for hydroxylation is 2. The molecule has 2 heteroatoms. The molecule has 0 saturated carbocycles. The van der Waals surface area contributed by atoms with E-state index in [1.807, 2.05) is 26.0 Å². The maximum absolute atomic E-state index is 5.70. The van der Waals surface area contributed by atoms with Gasteiger partial charge in [0.05, 0.1) is 6.61 Å². The first-order valence-corrected chi connectivity index (χ1v) is 4.58. The second-order valence-electron chi connectivity index (χ2n) is 3.29. The Morgan fingerprint density at radius 2 is 1.93 bits per heavy atom. The molecule has 1 aromatic carbocycles. The summed E-state index contributed by atoms with van der Waals surface area (Å²) in [5, 5.41) is 0. The zero-order valence-corrected chi connectivity index (χ0v) is 8.63. The lowest BCUT2D eigenvalue weighted by atomic mass is 10.1. The Kier molecular flexibility index (Phi) is 3.41. The van der Waals surface area contributed by atoms with Crippen molar-refractivity contribution in [2.45, 2.75) is 20.3 Å². The second-order valence-corrected chi connectivity index (χ2v) is 3.29. The highest BCUT2D eigenvalue weighted by Crippen LogP contribution is 2.25. The van der Waals surface area contributed by atoms with Crippen LogP contribution in [0.5, 0.6) is 5.75 Å². The number of anilines is 1. The predicted octanol–water partition coefficient (Wildman–Crippen LogP) is 2.29. The minimum absolute atomic E-state index is 0.558. The third-order valence-corrected chi connectivity index (χ3v) is 1.98. The van der Waals surface area contributed by atoms with Crippen LogP contribution >= 0.6 is 0 Å². The van der Waals surface area contributed by atoms with E-state index in [1.54, 1.807) is 0 Å². The summed E-state index contributed by atoms with van der Waals surface area (Å²) in [5.41, 5.74) is 8.57. The van der Waals surface area contributed by atoms with E-state index in [4.69, 9.17) is 16.9 Å². The Labute approximate surface area is 85.1 Å². The lowest BCUT2D eigenvalue weighted by Crippen LogP contribution is -2.00. The van der Waals surface area contributed by atoms with E-state index in [2.05, 4.69) is 5.92 Å². The molecule has 0 aliphatic carbocycles. The largest absolute Gasteiger partial charge is 0.492 e. The number of benzene rings is 1. The molecular weight excluding hydrogens is 174 g/mol. The molecule has 0 amide bonds. The number of nitrogen functional groups attached to an aromatic ring is 1. The highest BCUT2D eigenvalue weighted by Gasteiger charge is 2.04. The van der Waals surface area contributed by atoms with Gasteiger partial charge in [-0.3, -0.25) is 0 Å². The molecule has 2 N–H and O–H groups in total. The number of terminal acetylenes is 1. The van der Waals surface area contributed by atoms with E-state index in [-0.39, 0.29) is 0 Å². The summed E-state index contributed by atoms with van der Waals surface area (Å²) in [6, 6.07) is 3.80. The smallest absolute Gasteiger partial charge is 0.125 e. The Bertz CT molecular complexity index is 340. The van der Waals surface area contributed by atoms with Gasteiger partial charge in [0.15, 0.2) is 0 Å². The molecule has 0 radical (unpaired) electrons. The Hall–Kier alpha value is -1.62. The van der Waals surface area contributed by atoms with Crippen molar-refractivity contribution in [1.82, 2.24) is 0 Å². The van der Waals surface area contributed by atoms with E-state index in [0.717, 1.165) is 22.6 Å². The van der Waals surface area contributed by atoms with Gasteiger partial charge in [0.25, 0.3) is 0 Å². The first-order chi connectivity index (χ1) is 6.65. The number of rotatable bonds is 3. The van der Waals surface area contributed by atoms with E-state index < -0.39 is 0 Å². The first kappa shape index (κ1) is 10.5. The van der Waals surface area contributed by atoms with E-state index >= 15 is 0 Å². The maximum Gasteiger partial charge on any atom is 0.125 e. The molecule has 2 nitrogen and oxygen atoms in total. The Morgan fingerprint density at radius 3 is 2.43 bits per heavy atom. The fourth-order valence-electron chi connectivity index (χ4n) is 1.42. The van der Waals surface area contributed by atoms with Crippen LogP contribution in [0, 0.1) is 26.2 Å². The van der Waals surface area contributed by atoms with Gasteiger partial charge in [0.1, 0.15) is 5.75 Å². The molecular formula is C12H15NO.